The molecule has 0 unspecified atom stereocenters. The molecule has 1 saturated carbocycles. The fraction of sp³-hybridized carbons (Fsp3) is 0.360. The highest BCUT2D eigenvalue weighted by atomic mass is 32.2. The summed E-state index contributed by atoms with van der Waals surface area (Å²) in [4.78, 5) is 27.8. The first-order valence-electron chi connectivity index (χ1n) is 11.7. The van der Waals surface area contributed by atoms with Crippen LogP contribution in [-0.4, -0.2) is 55.5 Å². The van der Waals surface area contributed by atoms with Crippen molar-refractivity contribution in [2.24, 2.45) is 0 Å². The summed E-state index contributed by atoms with van der Waals surface area (Å²) in [7, 11) is -0.222. The number of sulfone groups is 1. The largest absolute Gasteiger partial charge is 0.362 e. The van der Waals surface area contributed by atoms with Gasteiger partial charge < -0.3 is 15.5 Å². The van der Waals surface area contributed by atoms with Gasteiger partial charge in [0.2, 0.25) is 15.8 Å². The molecular formula is C25H29FN6O3S. The third-order valence-electron chi connectivity index (χ3n) is 6.16. The maximum Gasteiger partial charge on any atom is 0.254 e. The molecule has 11 heteroatoms. The fourth-order valence-electron chi connectivity index (χ4n) is 4.29. The lowest BCUT2D eigenvalue weighted by atomic mass is 9.91. The SMILES string of the molecule is Cc1cnc(NC2CCC(NC(=O)c3cccnc3S(=O)(=O)c3ccc(F)cc3)CC2)nc1N(C)C. The molecule has 0 bridgehead atoms. The summed E-state index contributed by atoms with van der Waals surface area (Å²) in [6.07, 6.45) is 6.15. The maximum atomic E-state index is 13.3. The monoisotopic (exact) mass is 512 g/mol. The van der Waals surface area contributed by atoms with Crippen LogP contribution in [0.3, 0.4) is 0 Å². The Morgan fingerprint density at radius 2 is 1.69 bits per heavy atom. The zero-order valence-electron chi connectivity index (χ0n) is 20.4. The summed E-state index contributed by atoms with van der Waals surface area (Å²) in [5.74, 6) is 0.377. The Morgan fingerprint density at radius 3 is 2.36 bits per heavy atom. The molecule has 2 aromatic heterocycles. The molecule has 2 N–H and O–H groups in total. The van der Waals surface area contributed by atoms with Gasteiger partial charge in [0.25, 0.3) is 5.91 Å². The predicted molar refractivity (Wildman–Crippen MR) is 134 cm³/mol. The van der Waals surface area contributed by atoms with Crippen molar-refractivity contribution in [3.05, 3.63) is 65.7 Å². The summed E-state index contributed by atoms with van der Waals surface area (Å²) in [6.45, 7) is 1.96. The minimum absolute atomic E-state index is 0.0358. The van der Waals surface area contributed by atoms with Gasteiger partial charge in [0, 0.05) is 44.1 Å². The molecule has 9 nitrogen and oxygen atoms in total. The summed E-state index contributed by atoms with van der Waals surface area (Å²) >= 11 is 0. The van der Waals surface area contributed by atoms with Crippen molar-refractivity contribution in [2.45, 2.75) is 54.6 Å². The number of amides is 1. The van der Waals surface area contributed by atoms with Gasteiger partial charge in [-0.2, -0.15) is 4.98 Å². The average molecular weight is 513 g/mol. The lowest BCUT2D eigenvalue weighted by Gasteiger charge is -2.30. The Morgan fingerprint density at radius 1 is 1.03 bits per heavy atom. The van der Waals surface area contributed by atoms with Gasteiger partial charge >= 0.3 is 0 Å². The van der Waals surface area contributed by atoms with Gasteiger partial charge in [0.1, 0.15) is 11.6 Å². The van der Waals surface area contributed by atoms with Gasteiger partial charge in [-0.05, 0) is 69.0 Å². The van der Waals surface area contributed by atoms with E-state index >= 15 is 0 Å². The number of carbonyl (C=O) groups excluding carboxylic acids is 1. The van der Waals surface area contributed by atoms with Crippen molar-refractivity contribution in [1.29, 1.82) is 0 Å². The number of aromatic nitrogens is 3. The lowest BCUT2D eigenvalue weighted by Crippen LogP contribution is -2.40. The Bertz CT molecular complexity index is 1340. The molecule has 2 heterocycles. The zero-order chi connectivity index (χ0) is 25.9. The molecule has 0 spiro atoms. The minimum Gasteiger partial charge on any atom is -0.362 e. The van der Waals surface area contributed by atoms with Gasteiger partial charge in [0.05, 0.1) is 10.5 Å². The molecule has 3 aromatic rings. The summed E-state index contributed by atoms with van der Waals surface area (Å²) in [6, 6.07) is 7.46. The van der Waals surface area contributed by atoms with Crippen molar-refractivity contribution < 1.29 is 17.6 Å². The van der Waals surface area contributed by atoms with Crippen LogP contribution in [0.25, 0.3) is 0 Å². The number of aryl methyl sites for hydroxylation is 1. The molecule has 1 amide bonds. The van der Waals surface area contributed by atoms with E-state index in [4.69, 9.17) is 0 Å². The highest BCUT2D eigenvalue weighted by Crippen LogP contribution is 2.25. The topological polar surface area (TPSA) is 117 Å². The van der Waals surface area contributed by atoms with E-state index in [1.807, 2.05) is 25.9 Å². The summed E-state index contributed by atoms with van der Waals surface area (Å²) < 4.78 is 39.4. The highest BCUT2D eigenvalue weighted by Gasteiger charge is 2.28. The number of anilines is 2. The molecular weight excluding hydrogens is 483 g/mol. The van der Waals surface area contributed by atoms with Crippen LogP contribution in [0, 0.1) is 12.7 Å². The van der Waals surface area contributed by atoms with E-state index < -0.39 is 21.6 Å². The first-order valence-corrected chi connectivity index (χ1v) is 13.2. The van der Waals surface area contributed by atoms with E-state index in [9.17, 15) is 17.6 Å². The Labute approximate surface area is 210 Å². The average Bonchev–Trinajstić information content (AvgIpc) is 2.86. The molecule has 1 aliphatic rings. The number of hydrogen-bond acceptors (Lipinski definition) is 8. The molecule has 0 atom stereocenters. The van der Waals surface area contributed by atoms with E-state index in [-0.39, 0.29) is 27.6 Å². The van der Waals surface area contributed by atoms with E-state index in [0.29, 0.717) is 5.95 Å². The van der Waals surface area contributed by atoms with E-state index in [0.717, 1.165) is 61.3 Å². The van der Waals surface area contributed by atoms with Crippen LogP contribution in [0.15, 0.2) is 58.7 Å². The third kappa shape index (κ3) is 5.62. The summed E-state index contributed by atoms with van der Waals surface area (Å²) in [5.41, 5.74) is 0.958. The highest BCUT2D eigenvalue weighted by molar-refractivity contribution is 7.91. The zero-order valence-corrected chi connectivity index (χ0v) is 21.2. The summed E-state index contributed by atoms with van der Waals surface area (Å²) in [5, 5.41) is 5.99. The van der Waals surface area contributed by atoms with Crippen molar-refractivity contribution in [2.75, 3.05) is 24.3 Å². The second-order valence-corrected chi connectivity index (χ2v) is 10.9. The number of hydrogen-bond donors (Lipinski definition) is 2. The third-order valence-corrected chi connectivity index (χ3v) is 7.89. The molecule has 190 valence electrons. The number of nitrogens with zero attached hydrogens (tertiary/aromatic N) is 4. The van der Waals surface area contributed by atoms with Crippen LogP contribution in [0.2, 0.25) is 0 Å². The Hall–Kier alpha value is -3.60. The van der Waals surface area contributed by atoms with Crippen molar-refractivity contribution in [3.63, 3.8) is 0 Å². The van der Waals surface area contributed by atoms with Gasteiger partial charge in [-0.25, -0.2) is 22.8 Å². The quantitative estimate of drug-likeness (QED) is 0.463. The molecule has 0 saturated heterocycles. The van der Waals surface area contributed by atoms with Gasteiger partial charge in [-0.1, -0.05) is 0 Å². The number of nitrogens with one attached hydrogen (secondary N) is 2. The standard InChI is InChI=1S/C25H29FN6O3S/c1-16-15-28-25(31-22(16)32(2)3)30-19-10-8-18(9-11-19)29-23(33)21-5-4-14-27-24(21)36(34,35)20-12-6-17(26)7-13-20/h4-7,12-15,18-19H,8-11H2,1-3H3,(H,29,33)(H,28,30,31). The normalized spacial score (nSPS) is 17.9. The number of carbonyl (C=O) groups is 1. The van der Waals surface area contributed by atoms with Crippen molar-refractivity contribution >= 4 is 27.5 Å². The van der Waals surface area contributed by atoms with Crippen LogP contribution in [0.5, 0.6) is 0 Å². The number of halogens is 1. The van der Waals surface area contributed by atoms with Crippen LogP contribution in [0.4, 0.5) is 16.2 Å². The molecule has 0 radical (unpaired) electrons. The molecule has 1 fully saturated rings. The second-order valence-electron chi connectivity index (χ2n) is 9.07. The number of rotatable bonds is 7. The first kappa shape index (κ1) is 25.5. The Balaban J connectivity index is 1.40. The first-order chi connectivity index (χ1) is 17.1. The van der Waals surface area contributed by atoms with Crippen molar-refractivity contribution in [3.8, 4) is 0 Å². The maximum absolute atomic E-state index is 13.3. The molecule has 1 aliphatic carbocycles. The van der Waals surface area contributed by atoms with E-state index in [2.05, 4.69) is 25.6 Å². The smallest absolute Gasteiger partial charge is 0.254 e. The molecule has 1 aromatic carbocycles. The van der Waals surface area contributed by atoms with E-state index in [1.54, 1.807) is 6.20 Å². The van der Waals surface area contributed by atoms with E-state index in [1.165, 1.54) is 18.3 Å². The fourth-order valence-corrected chi connectivity index (χ4v) is 5.65. The van der Waals surface area contributed by atoms with Crippen LogP contribution >= 0.6 is 0 Å². The van der Waals surface area contributed by atoms with Crippen LogP contribution in [-0.2, 0) is 9.84 Å². The second kappa shape index (κ2) is 10.6. The molecule has 0 aliphatic heterocycles. The van der Waals surface area contributed by atoms with Crippen molar-refractivity contribution in [1.82, 2.24) is 20.3 Å². The van der Waals surface area contributed by atoms with Gasteiger partial charge in [0.15, 0.2) is 5.03 Å². The van der Waals surface area contributed by atoms with Crippen LogP contribution < -0.4 is 15.5 Å². The Kier molecular flexibility index (Phi) is 7.48. The molecule has 36 heavy (non-hydrogen) atoms. The minimum atomic E-state index is -4.09. The lowest BCUT2D eigenvalue weighted by molar-refractivity contribution is 0.0922. The number of benzene rings is 1. The number of pyridine rings is 1. The van der Waals surface area contributed by atoms with Crippen LogP contribution in [0.1, 0.15) is 41.6 Å². The predicted octanol–water partition coefficient (Wildman–Crippen LogP) is 3.37. The van der Waals surface area contributed by atoms with Gasteiger partial charge in [-0.3, -0.25) is 4.79 Å². The molecule has 4 rings (SSSR count). The van der Waals surface area contributed by atoms with Gasteiger partial charge in [-0.15, -0.1) is 0 Å².